The summed E-state index contributed by atoms with van der Waals surface area (Å²) in [5.74, 6) is -2.49. The van der Waals surface area contributed by atoms with Gasteiger partial charge in [-0.05, 0) is 17.7 Å². The first-order valence-corrected chi connectivity index (χ1v) is 4.50. The first kappa shape index (κ1) is 9.21. The molecule has 0 aliphatic rings. The number of hydrogen-bond acceptors (Lipinski definition) is 3. The largest absolute Gasteiger partial charge is 0.508 e. The van der Waals surface area contributed by atoms with Gasteiger partial charge >= 0.3 is 5.97 Å². The molecule has 5 nitrogen and oxygen atoms in total. The number of carbonyl (C=O) groups is 2. The Labute approximate surface area is 95.5 Å². The molecule has 1 aromatic carbocycles. The maximum absolute atomic E-state index is 11.1. The average molecular weight is 225 g/mol. The summed E-state index contributed by atoms with van der Waals surface area (Å²) in [7, 11) is 0. The molecule has 0 aromatic heterocycles. The second-order valence-corrected chi connectivity index (χ2v) is 3.14. The summed E-state index contributed by atoms with van der Waals surface area (Å²) in [4.78, 5) is 22.0. The number of phenolic OH excluding ortho intramolecular Hbond substituents is 1. The Bertz CT molecular complexity index is 480. The Kier molecular flexibility index (Phi) is 2.97. The predicted octanol–water partition coefficient (Wildman–Crippen LogP) is 0.524. The number of aromatic hydroxyl groups is 1. The van der Waals surface area contributed by atoms with Crippen LogP contribution >= 0.6 is 0 Å². The zero-order chi connectivity index (χ0) is 13.9. The van der Waals surface area contributed by atoms with Crippen molar-refractivity contribution in [2.45, 2.75) is 19.3 Å². The van der Waals surface area contributed by atoms with Crippen LogP contribution in [0.3, 0.4) is 0 Å². The number of rotatable bonds is 4. The molecule has 0 heterocycles. The lowest BCUT2D eigenvalue weighted by atomic mass is 10.1. The van der Waals surface area contributed by atoms with Crippen molar-refractivity contribution < 1.29 is 22.5 Å². The summed E-state index contributed by atoms with van der Waals surface area (Å²) in [6.07, 6.45) is -1.56. The third kappa shape index (κ3) is 3.61. The first-order chi connectivity index (χ1) is 8.27. The molecule has 2 atom stereocenters. The van der Waals surface area contributed by atoms with E-state index < -0.39 is 24.3 Å². The number of amides is 1. The van der Waals surface area contributed by atoms with E-state index in [1.165, 1.54) is 24.3 Å². The summed E-state index contributed by atoms with van der Waals surface area (Å²) in [6.45, 7) is 1.07. The van der Waals surface area contributed by atoms with Gasteiger partial charge in [-0.3, -0.25) is 4.79 Å². The van der Waals surface area contributed by atoms with Crippen LogP contribution in [0.2, 0.25) is 0 Å². The molecular weight excluding hydrogens is 210 g/mol. The SMILES string of the molecule is [2H][C@H](c1cccc(O)c1)[C@]([2H])(NC(C)=O)C(=O)O. The van der Waals surface area contributed by atoms with Crippen molar-refractivity contribution >= 4 is 11.9 Å². The molecule has 0 unspecified atom stereocenters. The molecule has 0 aliphatic carbocycles. The molecule has 0 bridgehead atoms. The molecule has 1 rings (SSSR count). The predicted molar refractivity (Wildman–Crippen MR) is 57.1 cm³/mol. The van der Waals surface area contributed by atoms with E-state index in [4.69, 9.17) is 7.85 Å². The van der Waals surface area contributed by atoms with Crippen molar-refractivity contribution in [3.05, 3.63) is 29.8 Å². The molecule has 0 saturated heterocycles. The van der Waals surface area contributed by atoms with E-state index >= 15 is 0 Å². The number of hydrogen-bond donors (Lipinski definition) is 3. The highest BCUT2D eigenvalue weighted by molar-refractivity contribution is 5.82. The van der Waals surface area contributed by atoms with Crippen LogP contribution in [0, 0.1) is 0 Å². The molecule has 0 fully saturated rings. The molecule has 86 valence electrons. The number of aliphatic carboxylic acids is 1. The van der Waals surface area contributed by atoms with Gasteiger partial charge in [0.25, 0.3) is 0 Å². The summed E-state index contributed by atoms with van der Waals surface area (Å²) < 4.78 is 15.5. The van der Waals surface area contributed by atoms with Gasteiger partial charge in [0.15, 0.2) is 0 Å². The molecule has 0 saturated carbocycles. The first-order valence-electron chi connectivity index (χ1n) is 5.58. The quantitative estimate of drug-likeness (QED) is 0.697. The van der Waals surface area contributed by atoms with Crippen molar-refractivity contribution in [2.24, 2.45) is 0 Å². The molecule has 1 amide bonds. The van der Waals surface area contributed by atoms with Gasteiger partial charge in [0.2, 0.25) is 5.91 Å². The maximum atomic E-state index is 11.1. The van der Waals surface area contributed by atoms with Gasteiger partial charge < -0.3 is 15.5 Å². The Morgan fingerprint density at radius 3 is 2.81 bits per heavy atom. The second kappa shape index (κ2) is 5.16. The Hall–Kier alpha value is -2.04. The van der Waals surface area contributed by atoms with E-state index in [9.17, 15) is 14.7 Å². The van der Waals surface area contributed by atoms with Crippen LogP contribution in [0.25, 0.3) is 0 Å². The maximum Gasteiger partial charge on any atom is 0.326 e. The van der Waals surface area contributed by atoms with E-state index in [-0.39, 0.29) is 11.3 Å². The van der Waals surface area contributed by atoms with Gasteiger partial charge in [0.05, 0.1) is 1.37 Å². The van der Waals surface area contributed by atoms with Gasteiger partial charge in [-0.15, -0.1) is 0 Å². The van der Waals surface area contributed by atoms with E-state index in [1.807, 2.05) is 5.32 Å². The van der Waals surface area contributed by atoms with Gasteiger partial charge in [0.1, 0.15) is 11.8 Å². The van der Waals surface area contributed by atoms with Crippen molar-refractivity contribution in [3.8, 4) is 5.75 Å². The normalized spacial score (nSPS) is 17.6. The van der Waals surface area contributed by atoms with Crippen molar-refractivity contribution in [1.82, 2.24) is 5.32 Å². The van der Waals surface area contributed by atoms with E-state index in [1.54, 1.807) is 0 Å². The number of carbonyl (C=O) groups excluding carboxylic acids is 1. The molecule has 16 heavy (non-hydrogen) atoms. The van der Waals surface area contributed by atoms with Crippen LogP contribution in [0.4, 0.5) is 0 Å². The van der Waals surface area contributed by atoms with Gasteiger partial charge in [-0.2, -0.15) is 0 Å². The zero-order valence-electron chi connectivity index (χ0n) is 10.6. The fourth-order valence-corrected chi connectivity index (χ4v) is 1.12. The fourth-order valence-electron chi connectivity index (χ4n) is 1.12. The molecule has 5 heteroatoms. The van der Waals surface area contributed by atoms with Crippen LogP contribution in [0.5, 0.6) is 5.75 Å². The lowest BCUT2D eigenvalue weighted by molar-refractivity contribution is -0.141. The van der Waals surface area contributed by atoms with Crippen LogP contribution in [0.15, 0.2) is 24.3 Å². The lowest BCUT2D eigenvalue weighted by Crippen LogP contribution is -2.41. The van der Waals surface area contributed by atoms with Crippen molar-refractivity contribution in [3.63, 3.8) is 0 Å². The van der Waals surface area contributed by atoms with E-state index in [2.05, 4.69) is 0 Å². The minimum Gasteiger partial charge on any atom is -0.508 e. The molecule has 0 spiro atoms. The minimum atomic E-state index is -2.50. The van der Waals surface area contributed by atoms with E-state index in [0.29, 0.717) is 0 Å². The third-order valence-corrected chi connectivity index (χ3v) is 1.72. The third-order valence-electron chi connectivity index (χ3n) is 1.72. The smallest absolute Gasteiger partial charge is 0.326 e. The average Bonchev–Trinajstić information content (AvgIpc) is 2.26. The second-order valence-electron chi connectivity index (χ2n) is 3.14. The number of phenols is 1. The van der Waals surface area contributed by atoms with Gasteiger partial charge in [-0.1, -0.05) is 12.1 Å². The van der Waals surface area contributed by atoms with Crippen molar-refractivity contribution in [2.75, 3.05) is 0 Å². The van der Waals surface area contributed by atoms with Crippen LogP contribution in [-0.4, -0.2) is 28.1 Å². The molecular formula is C11H13NO4. The fraction of sp³-hybridized carbons (Fsp3) is 0.273. The minimum absolute atomic E-state index is 0.126. The monoisotopic (exact) mass is 225 g/mol. The summed E-state index contributed by atoms with van der Waals surface area (Å²) >= 11 is 0. The van der Waals surface area contributed by atoms with Gasteiger partial charge in [-0.25, -0.2) is 4.79 Å². The Morgan fingerprint density at radius 2 is 2.31 bits per heavy atom. The van der Waals surface area contributed by atoms with Crippen LogP contribution < -0.4 is 5.32 Å². The highest BCUT2D eigenvalue weighted by atomic mass is 16.4. The summed E-state index contributed by atoms with van der Waals surface area (Å²) in [5.41, 5.74) is 0.126. The molecule has 0 aliphatic heterocycles. The summed E-state index contributed by atoms with van der Waals surface area (Å²) in [6, 6.07) is 2.89. The van der Waals surface area contributed by atoms with Crippen molar-refractivity contribution in [1.29, 1.82) is 0 Å². The topological polar surface area (TPSA) is 86.6 Å². The van der Waals surface area contributed by atoms with Gasteiger partial charge in [0, 0.05) is 14.7 Å². The number of nitrogens with one attached hydrogen (secondary N) is 1. The Morgan fingerprint density at radius 1 is 1.62 bits per heavy atom. The lowest BCUT2D eigenvalue weighted by Gasteiger charge is -2.13. The molecule has 3 N–H and O–H groups in total. The number of carboxylic acids is 1. The highest BCUT2D eigenvalue weighted by Gasteiger charge is 2.18. The van der Waals surface area contributed by atoms with Crippen LogP contribution in [0.1, 0.15) is 15.2 Å². The standard InChI is InChI=1S/C11H13NO4/c1-7(13)12-10(11(15)16)6-8-3-2-4-9(14)5-8/h2-5,10,14H,6H2,1H3,(H,12,13)(H,15,16)/t10-/m0/s1/i6D,10D/t6-,10+/m1. The zero-order valence-corrected chi connectivity index (χ0v) is 8.60. The summed E-state index contributed by atoms with van der Waals surface area (Å²) in [5, 5.41) is 20.2. The van der Waals surface area contributed by atoms with Crippen LogP contribution in [-0.2, 0) is 16.0 Å². The Balaban J connectivity index is 3.14. The highest BCUT2D eigenvalue weighted by Crippen LogP contribution is 2.12. The molecule has 1 aromatic rings. The van der Waals surface area contributed by atoms with E-state index in [0.717, 1.165) is 6.92 Å². The number of benzene rings is 1. The molecule has 0 radical (unpaired) electrons. The number of carboxylic acid groups (broad SMARTS) is 1.